The lowest BCUT2D eigenvalue weighted by atomic mass is 10.3. The Balaban J connectivity index is 2.94. The first-order valence-electron chi connectivity index (χ1n) is 6.92. The van der Waals surface area contributed by atoms with Crippen LogP contribution in [-0.4, -0.2) is 51.0 Å². The number of nitrogens with zero attached hydrogens (tertiary/aromatic N) is 2. The summed E-state index contributed by atoms with van der Waals surface area (Å²) in [6, 6.07) is 1.37. The van der Waals surface area contributed by atoms with E-state index in [2.05, 4.69) is 49.7 Å². The fourth-order valence-electron chi connectivity index (χ4n) is 2.05. The summed E-state index contributed by atoms with van der Waals surface area (Å²) in [5.41, 5.74) is 0. The molecule has 1 heterocycles. The zero-order valence-corrected chi connectivity index (χ0v) is 15.3. The van der Waals surface area contributed by atoms with Gasteiger partial charge in [-0.25, -0.2) is 18.1 Å². The molecule has 0 saturated carbocycles. The van der Waals surface area contributed by atoms with Gasteiger partial charge in [-0.2, -0.15) is 0 Å². The SMILES string of the molecule is CCN(CC)CC(C)NS(=O)(=O)c1cc(Br)cnc1NC. The maximum atomic E-state index is 12.5. The van der Waals surface area contributed by atoms with Crippen LogP contribution >= 0.6 is 15.9 Å². The Hall–Kier alpha value is -0.700. The molecule has 0 spiro atoms. The van der Waals surface area contributed by atoms with E-state index >= 15 is 0 Å². The number of likely N-dealkylation sites (N-methyl/N-ethyl adjacent to an activating group) is 1. The standard InChI is InChI=1S/C13H23BrN4O2S/c1-5-18(6-2)9-10(3)17-21(19,20)12-7-11(14)8-16-13(12)15-4/h7-8,10,17H,5-6,9H2,1-4H3,(H,15,16). The van der Waals surface area contributed by atoms with Crippen LogP contribution in [0.3, 0.4) is 0 Å². The molecular weight excluding hydrogens is 356 g/mol. The summed E-state index contributed by atoms with van der Waals surface area (Å²) in [5, 5.41) is 2.80. The van der Waals surface area contributed by atoms with E-state index in [1.165, 1.54) is 0 Å². The minimum absolute atomic E-state index is 0.144. The number of nitrogens with one attached hydrogen (secondary N) is 2. The number of aromatic nitrogens is 1. The molecule has 0 aliphatic rings. The third-order valence-electron chi connectivity index (χ3n) is 3.13. The van der Waals surface area contributed by atoms with Crippen LogP contribution in [0.4, 0.5) is 5.82 Å². The van der Waals surface area contributed by atoms with Crippen molar-refractivity contribution in [2.24, 2.45) is 0 Å². The Morgan fingerprint density at radius 3 is 2.52 bits per heavy atom. The Morgan fingerprint density at radius 2 is 2.00 bits per heavy atom. The van der Waals surface area contributed by atoms with Gasteiger partial charge in [0.15, 0.2) is 0 Å². The van der Waals surface area contributed by atoms with Crippen molar-refractivity contribution in [1.82, 2.24) is 14.6 Å². The van der Waals surface area contributed by atoms with E-state index in [-0.39, 0.29) is 10.9 Å². The van der Waals surface area contributed by atoms with Gasteiger partial charge in [-0.15, -0.1) is 0 Å². The van der Waals surface area contributed by atoms with Gasteiger partial charge in [0.2, 0.25) is 10.0 Å². The molecule has 0 fully saturated rings. The van der Waals surface area contributed by atoms with E-state index in [1.807, 2.05) is 6.92 Å². The zero-order chi connectivity index (χ0) is 16.0. The minimum Gasteiger partial charge on any atom is -0.372 e. The van der Waals surface area contributed by atoms with Crippen LogP contribution in [0.2, 0.25) is 0 Å². The molecule has 0 aliphatic carbocycles. The first-order chi connectivity index (χ1) is 9.83. The second-order valence-electron chi connectivity index (χ2n) is 4.76. The van der Waals surface area contributed by atoms with Crippen molar-refractivity contribution in [3.8, 4) is 0 Å². The highest BCUT2D eigenvalue weighted by atomic mass is 79.9. The molecule has 0 aromatic carbocycles. The number of hydrogen-bond donors (Lipinski definition) is 2. The molecule has 0 bridgehead atoms. The number of sulfonamides is 1. The summed E-state index contributed by atoms with van der Waals surface area (Å²) in [7, 11) is -1.97. The fourth-order valence-corrected chi connectivity index (χ4v) is 3.95. The molecule has 120 valence electrons. The van der Waals surface area contributed by atoms with Gasteiger partial charge in [-0.1, -0.05) is 13.8 Å². The van der Waals surface area contributed by atoms with Crippen molar-refractivity contribution in [2.75, 3.05) is 32.0 Å². The maximum Gasteiger partial charge on any atom is 0.244 e. The minimum atomic E-state index is -3.62. The van der Waals surface area contributed by atoms with Crippen molar-refractivity contribution in [2.45, 2.75) is 31.7 Å². The van der Waals surface area contributed by atoms with Crippen molar-refractivity contribution >= 4 is 31.8 Å². The summed E-state index contributed by atoms with van der Waals surface area (Å²) in [5.74, 6) is 0.334. The number of rotatable bonds is 8. The predicted molar refractivity (Wildman–Crippen MR) is 89.1 cm³/mol. The Kier molecular flexibility index (Phi) is 7.05. The zero-order valence-electron chi connectivity index (χ0n) is 12.9. The van der Waals surface area contributed by atoms with Crippen LogP contribution < -0.4 is 10.0 Å². The number of pyridine rings is 1. The van der Waals surface area contributed by atoms with Crippen molar-refractivity contribution in [3.63, 3.8) is 0 Å². The molecule has 2 N–H and O–H groups in total. The quantitative estimate of drug-likeness (QED) is 0.722. The molecule has 21 heavy (non-hydrogen) atoms. The van der Waals surface area contributed by atoms with Gasteiger partial charge in [-0.3, -0.25) is 0 Å². The van der Waals surface area contributed by atoms with E-state index in [4.69, 9.17) is 0 Å². The summed E-state index contributed by atoms with van der Waals surface area (Å²) in [6.07, 6.45) is 1.56. The second kappa shape index (κ2) is 8.07. The van der Waals surface area contributed by atoms with E-state index in [9.17, 15) is 8.42 Å². The molecular formula is C13H23BrN4O2S. The third-order valence-corrected chi connectivity index (χ3v) is 5.17. The number of hydrogen-bond acceptors (Lipinski definition) is 5. The van der Waals surface area contributed by atoms with E-state index in [0.717, 1.165) is 13.1 Å². The molecule has 0 radical (unpaired) electrons. The van der Waals surface area contributed by atoms with Crippen LogP contribution in [0.1, 0.15) is 20.8 Å². The molecule has 0 saturated heterocycles. The Labute approximate surface area is 135 Å². The highest BCUT2D eigenvalue weighted by Gasteiger charge is 2.22. The average Bonchev–Trinajstić information content (AvgIpc) is 2.44. The predicted octanol–water partition coefficient (Wildman–Crippen LogP) is 1.89. The van der Waals surface area contributed by atoms with Crippen molar-refractivity contribution in [3.05, 3.63) is 16.7 Å². The maximum absolute atomic E-state index is 12.5. The average molecular weight is 379 g/mol. The molecule has 1 aromatic rings. The van der Waals surface area contributed by atoms with Gasteiger partial charge >= 0.3 is 0 Å². The Morgan fingerprint density at radius 1 is 1.38 bits per heavy atom. The van der Waals surface area contributed by atoms with Crippen LogP contribution in [0.5, 0.6) is 0 Å². The smallest absolute Gasteiger partial charge is 0.244 e. The first-order valence-corrected chi connectivity index (χ1v) is 9.19. The monoisotopic (exact) mass is 378 g/mol. The highest BCUT2D eigenvalue weighted by Crippen LogP contribution is 2.22. The van der Waals surface area contributed by atoms with E-state index < -0.39 is 10.0 Å². The van der Waals surface area contributed by atoms with E-state index in [0.29, 0.717) is 16.8 Å². The molecule has 0 aliphatic heterocycles. The highest BCUT2D eigenvalue weighted by molar-refractivity contribution is 9.10. The van der Waals surface area contributed by atoms with Crippen LogP contribution in [0.15, 0.2) is 21.6 Å². The summed E-state index contributed by atoms with van der Waals surface area (Å²) >= 11 is 3.26. The lowest BCUT2D eigenvalue weighted by molar-refractivity contribution is 0.282. The normalized spacial score (nSPS) is 13.4. The lowest BCUT2D eigenvalue weighted by Gasteiger charge is -2.23. The summed E-state index contributed by atoms with van der Waals surface area (Å²) in [6.45, 7) is 8.43. The van der Waals surface area contributed by atoms with E-state index in [1.54, 1.807) is 19.3 Å². The second-order valence-corrected chi connectivity index (χ2v) is 7.36. The Bertz CT molecular complexity index is 561. The first kappa shape index (κ1) is 18.3. The largest absolute Gasteiger partial charge is 0.372 e. The molecule has 1 aromatic heterocycles. The van der Waals surface area contributed by atoms with Crippen LogP contribution in [-0.2, 0) is 10.0 Å². The van der Waals surface area contributed by atoms with Crippen LogP contribution in [0.25, 0.3) is 0 Å². The molecule has 1 unspecified atom stereocenters. The van der Waals surface area contributed by atoms with Gasteiger partial charge in [-0.05, 0) is 42.0 Å². The van der Waals surface area contributed by atoms with Gasteiger partial charge in [0.05, 0.1) is 0 Å². The summed E-state index contributed by atoms with van der Waals surface area (Å²) in [4.78, 5) is 6.39. The molecule has 8 heteroatoms. The fraction of sp³-hybridized carbons (Fsp3) is 0.615. The molecule has 6 nitrogen and oxygen atoms in total. The van der Waals surface area contributed by atoms with Crippen molar-refractivity contribution < 1.29 is 8.42 Å². The van der Waals surface area contributed by atoms with Gasteiger partial charge in [0.1, 0.15) is 10.7 Å². The van der Waals surface area contributed by atoms with Gasteiger partial charge in [0, 0.05) is 30.3 Å². The number of anilines is 1. The van der Waals surface area contributed by atoms with Crippen LogP contribution in [0, 0.1) is 0 Å². The third kappa shape index (κ3) is 5.21. The molecule has 1 atom stereocenters. The van der Waals surface area contributed by atoms with Gasteiger partial charge < -0.3 is 10.2 Å². The lowest BCUT2D eigenvalue weighted by Crippen LogP contribution is -2.42. The summed E-state index contributed by atoms with van der Waals surface area (Å²) < 4.78 is 28.3. The molecule has 0 amide bonds. The topological polar surface area (TPSA) is 74.3 Å². The van der Waals surface area contributed by atoms with Crippen molar-refractivity contribution in [1.29, 1.82) is 0 Å². The molecule has 1 rings (SSSR count). The number of halogens is 1. The van der Waals surface area contributed by atoms with Gasteiger partial charge in [0.25, 0.3) is 0 Å².